The Balaban J connectivity index is 1.66. The topological polar surface area (TPSA) is 57.7 Å². The van der Waals surface area contributed by atoms with Crippen molar-refractivity contribution in [1.82, 2.24) is 4.31 Å². The highest BCUT2D eigenvalue weighted by Crippen LogP contribution is 2.34. The Morgan fingerprint density at radius 1 is 1.03 bits per heavy atom. The first-order chi connectivity index (χ1) is 14.9. The van der Waals surface area contributed by atoms with E-state index in [1.54, 1.807) is 35.2 Å². The minimum absolute atomic E-state index is 0.0326. The Hall–Kier alpha value is -2.48. The Bertz CT molecular complexity index is 1180. The summed E-state index contributed by atoms with van der Waals surface area (Å²) < 4.78 is 29.0. The third-order valence-corrected chi connectivity index (χ3v) is 7.72. The van der Waals surface area contributed by atoms with Crippen LogP contribution in [0.2, 0.25) is 0 Å². The van der Waals surface area contributed by atoms with Gasteiger partial charge in [-0.05, 0) is 54.8 Å². The molecule has 1 atom stereocenters. The predicted octanol–water partition coefficient (Wildman–Crippen LogP) is 4.62. The number of amides is 1. The van der Waals surface area contributed by atoms with Crippen LogP contribution in [0.25, 0.3) is 0 Å². The first-order valence-electron chi connectivity index (χ1n) is 10.1. The summed E-state index contributed by atoms with van der Waals surface area (Å²) in [5.41, 5.74) is 2.75. The molecule has 0 bridgehead atoms. The van der Waals surface area contributed by atoms with E-state index in [2.05, 4.69) is 15.9 Å². The van der Waals surface area contributed by atoms with Gasteiger partial charge in [-0.25, -0.2) is 8.42 Å². The van der Waals surface area contributed by atoms with Crippen molar-refractivity contribution in [3.05, 3.63) is 94.5 Å². The van der Waals surface area contributed by atoms with E-state index in [-0.39, 0.29) is 29.9 Å². The molecule has 0 spiro atoms. The number of hydrogen-bond donors (Lipinski definition) is 0. The van der Waals surface area contributed by atoms with Crippen molar-refractivity contribution in [3.63, 3.8) is 0 Å². The number of fused-ring (bicyclic) bond motifs is 1. The van der Waals surface area contributed by atoms with Crippen LogP contribution in [0, 0.1) is 0 Å². The fourth-order valence-corrected chi connectivity index (χ4v) is 5.77. The smallest absolute Gasteiger partial charge is 0.243 e. The molecule has 0 aromatic heterocycles. The maximum Gasteiger partial charge on any atom is 0.243 e. The fourth-order valence-electron chi connectivity index (χ4n) is 3.96. The van der Waals surface area contributed by atoms with Crippen molar-refractivity contribution < 1.29 is 13.2 Å². The van der Waals surface area contributed by atoms with E-state index in [1.807, 2.05) is 55.5 Å². The lowest BCUT2D eigenvalue weighted by atomic mass is 10.1. The maximum atomic E-state index is 13.4. The van der Waals surface area contributed by atoms with Crippen LogP contribution in [0.1, 0.15) is 18.1 Å². The van der Waals surface area contributed by atoms with E-state index in [4.69, 9.17) is 0 Å². The Kier molecular flexibility index (Phi) is 6.27. The van der Waals surface area contributed by atoms with Gasteiger partial charge in [0.2, 0.25) is 15.9 Å². The summed E-state index contributed by atoms with van der Waals surface area (Å²) in [5.74, 6) is -0.232. The standard InChI is InChI=1S/C24H23BrN2O3S/c1-18-14-20-15-21(25)12-13-23(20)27(18)24(28)17-26(16-19-8-4-2-5-9-19)31(29,30)22-10-6-3-7-11-22/h2-13,15,18H,14,16-17H2,1H3/t18-/m1/s1. The highest BCUT2D eigenvalue weighted by Gasteiger charge is 2.34. The summed E-state index contributed by atoms with van der Waals surface area (Å²) in [6, 6.07) is 23.4. The molecule has 0 unspecified atom stereocenters. The third kappa shape index (κ3) is 4.59. The van der Waals surface area contributed by atoms with Gasteiger partial charge in [0.25, 0.3) is 0 Å². The SMILES string of the molecule is C[C@@H]1Cc2cc(Br)ccc2N1C(=O)CN(Cc1ccccc1)S(=O)(=O)c1ccccc1. The van der Waals surface area contributed by atoms with Crippen molar-refractivity contribution in [1.29, 1.82) is 0 Å². The van der Waals surface area contributed by atoms with Gasteiger partial charge in [0.1, 0.15) is 0 Å². The molecule has 160 valence electrons. The number of benzene rings is 3. The van der Waals surface area contributed by atoms with Gasteiger partial charge < -0.3 is 4.90 Å². The second-order valence-corrected chi connectivity index (χ2v) is 10.5. The number of halogens is 1. The van der Waals surface area contributed by atoms with Crippen LogP contribution >= 0.6 is 15.9 Å². The molecule has 5 nitrogen and oxygen atoms in total. The summed E-state index contributed by atoms with van der Waals surface area (Å²) in [7, 11) is -3.85. The van der Waals surface area contributed by atoms with Crippen LogP contribution in [0.3, 0.4) is 0 Å². The summed E-state index contributed by atoms with van der Waals surface area (Å²) in [6.45, 7) is 1.88. The minimum atomic E-state index is -3.85. The molecule has 4 rings (SSSR count). The normalized spacial score (nSPS) is 15.8. The van der Waals surface area contributed by atoms with E-state index < -0.39 is 10.0 Å². The molecule has 1 amide bonds. The molecule has 0 N–H and O–H groups in total. The average molecular weight is 499 g/mol. The molecular weight excluding hydrogens is 476 g/mol. The molecule has 7 heteroatoms. The van der Waals surface area contributed by atoms with Gasteiger partial charge >= 0.3 is 0 Å². The van der Waals surface area contributed by atoms with Crippen molar-refractivity contribution in [2.45, 2.75) is 30.8 Å². The van der Waals surface area contributed by atoms with Crippen LogP contribution in [0.15, 0.2) is 88.2 Å². The summed E-state index contributed by atoms with van der Waals surface area (Å²) in [4.78, 5) is 15.3. The van der Waals surface area contributed by atoms with Crippen molar-refractivity contribution in [3.8, 4) is 0 Å². The fraction of sp³-hybridized carbons (Fsp3) is 0.208. The molecule has 0 saturated carbocycles. The molecule has 1 aliphatic heterocycles. The molecule has 31 heavy (non-hydrogen) atoms. The zero-order valence-corrected chi connectivity index (χ0v) is 19.5. The largest absolute Gasteiger partial charge is 0.308 e. The molecular formula is C24H23BrN2O3S. The lowest BCUT2D eigenvalue weighted by Crippen LogP contribution is -2.44. The number of carbonyl (C=O) groups excluding carboxylic acids is 1. The van der Waals surface area contributed by atoms with Gasteiger partial charge in [-0.3, -0.25) is 4.79 Å². The summed E-state index contributed by atoms with van der Waals surface area (Å²) in [6.07, 6.45) is 0.741. The van der Waals surface area contributed by atoms with E-state index in [0.717, 1.165) is 27.7 Å². The number of sulfonamides is 1. The van der Waals surface area contributed by atoms with E-state index >= 15 is 0 Å². The lowest BCUT2D eigenvalue weighted by Gasteiger charge is -2.27. The van der Waals surface area contributed by atoms with Crippen LogP contribution in [0.5, 0.6) is 0 Å². The van der Waals surface area contributed by atoms with E-state index in [9.17, 15) is 13.2 Å². The monoisotopic (exact) mass is 498 g/mol. The molecule has 1 heterocycles. The summed E-state index contributed by atoms with van der Waals surface area (Å²) >= 11 is 3.48. The van der Waals surface area contributed by atoms with Crippen LogP contribution in [0.4, 0.5) is 5.69 Å². The van der Waals surface area contributed by atoms with Gasteiger partial charge in [-0.15, -0.1) is 0 Å². The minimum Gasteiger partial charge on any atom is -0.308 e. The second kappa shape index (κ2) is 8.94. The molecule has 0 saturated heterocycles. The molecule has 1 aliphatic rings. The second-order valence-electron chi connectivity index (χ2n) is 7.66. The molecule has 0 radical (unpaired) electrons. The zero-order valence-electron chi connectivity index (χ0n) is 17.1. The van der Waals surface area contributed by atoms with Crippen LogP contribution in [-0.4, -0.2) is 31.2 Å². The molecule has 0 fully saturated rings. The number of nitrogens with zero attached hydrogens (tertiary/aromatic N) is 2. The van der Waals surface area contributed by atoms with Crippen LogP contribution < -0.4 is 4.90 Å². The van der Waals surface area contributed by atoms with Crippen LogP contribution in [-0.2, 0) is 27.8 Å². The third-order valence-electron chi connectivity index (χ3n) is 5.42. The van der Waals surface area contributed by atoms with Gasteiger partial charge in [-0.2, -0.15) is 4.31 Å². The first kappa shape index (κ1) is 21.7. The molecule has 0 aliphatic carbocycles. The Morgan fingerprint density at radius 3 is 2.35 bits per heavy atom. The first-order valence-corrected chi connectivity index (χ1v) is 12.3. The zero-order chi connectivity index (χ0) is 22.0. The quantitative estimate of drug-likeness (QED) is 0.498. The maximum absolute atomic E-state index is 13.4. The average Bonchev–Trinajstić information content (AvgIpc) is 3.09. The number of carbonyl (C=O) groups is 1. The van der Waals surface area contributed by atoms with Gasteiger partial charge in [-0.1, -0.05) is 64.5 Å². The Morgan fingerprint density at radius 2 is 1.68 bits per heavy atom. The number of hydrogen-bond acceptors (Lipinski definition) is 3. The summed E-state index contributed by atoms with van der Waals surface area (Å²) in [5, 5.41) is 0. The van der Waals surface area contributed by atoms with Crippen molar-refractivity contribution in [2.75, 3.05) is 11.4 Å². The van der Waals surface area contributed by atoms with Crippen molar-refractivity contribution in [2.24, 2.45) is 0 Å². The van der Waals surface area contributed by atoms with E-state index in [0.29, 0.717) is 0 Å². The lowest BCUT2D eigenvalue weighted by molar-refractivity contribution is -0.119. The number of rotatable bonds is 6. The predicted molar refractivity (Wildman–Crippen MR) is 125 cm³/mol. The highest BCUT2D eigenvalue weighted by molar-refractivity contribution is 9.10. The molecule has 3 aromatic rings. The molecule has 3 aromatic carbocycles. The van der Waals surface area contributed by atoms with Gasteiger partial charge in [0.15, 0.2) is 0 Å². The van der Waals surface area contributed by atoms with E-state index in [1.165, 1.54) is 4.31 Å². The highest BCUT2D eigenvalue weighted by atomic mass is 79.9. The number of anilines is 1. The van der Waals surface area contributed by atoms with Gasteiger partial charge in [0.05, 0.1) is 11.4 Å². The Labute approximate surface area is 191 Å². The van der Waals surface area contributed by atoms with Gasteiger partial charge in [0, 0.05) is 22.7 Å². The van der Waals surface area contributed by atoms with Crippen molar-refractivity contribution >= 4 is 37.5 Å².